The van der Waals surface area contributed by atoms with E-state index < -0.39 is 12.4 Å². The monoisotopic (exact) mass is 788 g/mol. The summed E-state index contributed by atoms with van der Waals surface area (Å²) in [5, 5.41) is 0. The molecule has 11 heteroatoms. The average Bonchev–Trinajstić information content (AvgIpc) is 3.73. The van der Waals surface area contributed by atoms with Gasteiger partial charge in [-0.05, 0) is 96.9 Å². The first-order chi connectivity index (χ1) is 25.1. The molecule has 5 unspecified atom stereocenters. The molecule has 5 aliphatic rings. The predicted molar refractivity (Wildman–Crippen MR) is 198 cm³/mol. The summed E-state index contributed by atoms with van der Waals surface area (Å²) < 4.78 is 49.4. The van der Waals surface area contributed by atoms with Gasteiger partial charge in [0.1, 0.15) is 30.2 Å². The third kappa shape index (κ3) is 8.26. The largest absolute Gasteiger partial charge is 0.497 e. The quantitative estimate of drug-likeness (QED) is 0.231. The SMILES string of the molecule is CC[C@H]1CCC[C@H](OCc2ccc(OC)cc2)[C@@H](C)C(=O)C2=C[C@@H]3[C@@H](C=C(Br)[C@@H]4C[C@@H](OC5OC(C)C(OC)C(OC)C5OC)C[C@@H]34)[C@@H]2CC(=O)O1. The molecule has 3 fully saturated rings. The van der Waals surface area contributed by atoms with Gasteiger partial charge in [-0.25, -0.2) is 0 Å². The van der Waals surface area contributed by atoms with Crippen LogP contribution in [0.5, 0.6) is 5.75 Å². The number of methoxy groups -OCH3 is 4. The van der Waals surface area contributed by atoms with Gasteiger partial charge in [-0.3, -0.25) is 9.59 Å². The molecule has 2 heterocycles. The maximum atomic E-state index is 14.6. The molecule has 0 spiro atoms. The van der Waals surface area contributed by atoms with Gasteiger partial charge >= 0.3 is 5.97 Å². The minimum absolute atomic E-state index is 0.00670. The van der Waals surface area contributed by atoms with Crippen molar-refractivity contribution in [3.8, 4) is 5.75 Å². The van der Waals surface area contributed by atoms with Gasteiger partial charge in [0.25, 0.3) is 0 Å². The number of benzene rings is 1. The Morgan fingerprint density at radius 1 is 0.865 bits per heavy atom. The summed E-state index contributed by atoms with van der Waals surface area (Å²) in [4.78, 5) is 28.1. The third-order valence-corrected chi connectivity index (χ3v) is 13.2. The maximum absolute atomic E-state index is 14.6. The molecule has 0 amide bonds. The number of esters is 1. The highest BCUT2D eigenvalue weighted by Crippen LogP contribution is 2.57. The summed E-state index contributed by atoms with van der Waals surface area (Å²) in [5.74, 6) is 0.516. The van der Waals surface area contributed by atoms with E-state index >= 15 is 0 Å². The van der Waals surface area contributed by atoms with Crippen LogP contribution < -0.4 is 4.74 Å². The lowest BCUT2D eigenvalue weighted by molar-refractivity contribution is -0.314. The van der Waals surface area contributed by atoms with Crippen molar-refractivity contribution in [3.63, 3.8) is 0 Å². The molecule has 2 saturated heterocycles. The molecular weight excluding hydrogens is 732 g/mol. The van der Waals surface area contributed by atoms with E-state index in [4.69, 9.17) is 37.9 Å². The Morgan fingerprint density at radius 2 is 1.60 bits per heavy atom. The Balaban J connectivity index is 1.23. The molecule has 0 bridgehead atoms. The van der Waals surface area contributed by atoms with E-state index in [1.54, 1.807) is 28.4 Å². The number of allylic oxidation sites excluding steroid dienone is 4. The van der Waals surface area contributed by atoms with Crippen LogP contribution in [0.4, 0.5) is 0 Å². The van der Waals surface area contributed by atoms with E-state index in [2.05, 4.69) is 35.0 Å². The molecule has 1 saturated carbocycles. The lowest BCUT2D eigenvalue weighted by Gasteiger charge is -2.44. The normalized spacial score (nSPS) is 39.6. The van der Waals surface area contributed by atoms with Crippen molar-refractivity contribution in [2.24, 2.45) is 35.5 Å². The second kappa shape index (κ2) is 17.6. The second-order valence-corrected chi connectivity index (χ2v) is 16.2. The second-order valence-electron chi connectivity index (χ2n) is 15.3. The highest BCUT2D eigenvalue weighted by Gasteiger charge is 2.54. The lowest BCUT2D eigenvalue weighted by atomic mass is 9.70. The van der Waals surface area contributed by atoms with E-state index in [1.807, 2.05) is 38.1 Å². The molecule has 3 aliphatic carbocycles. The van der Waals surface area contributed by atoms with Crippen LogP contribution in [-0.2, 0) is 49.4 Å². The van der Waals surface area contributed by atoms with Crippen molar-refractivity contribution in [2.45, 2.75) is 121 Å². The molecular formula is C41H57BrO10. The lowest BCUT2D eigenvalue weighted by Crippen LogP contribution is -2.59. The van der Waals surface area contributed by atoms with E-state index in [-0.39, 0.29) is 90.3 Å². The zero-order chi connectivity index (χ0) is 37.1. The highest BCUT2D eigenvalue weighted by molar-refractivity contribution is 9.11. The summed E-state index contributed by atoms with van der Waals surface area (Å²) in [6.45, 7) is 6.42. The van der Waals surface area contributed by atoms with Crippen molar-refractivity contribution < 1.29 is 47.5 Å². The summed E-state index contributed by atoms with van der Waals surface area (Å²) in [7, 11) is 6.60. The fraction of sp³-hybridized carbons (Fsp3) is 0.707. The van der Waals surface area contributed by atoms with Gasteiger partial charge in [0.2, 0.25) is 0 Å². The Kier molecular flexibility index (Phi) is 13.4. The standard InChI is InChI=1S/C41H57BrO10/c1-8-25-10-9-11-35(49-21-24-12-14-26(45-4)15-13-24)22(2)37(44)33-18-29-28-16-27(17-32(28)34(42)19-30(29)31(33)20-36(43)51-25)52-41-40(48-7)39(47-6)38(46-5)23(3)50-41/h12-15,18-19,22-23,25,27-32,35,38-41H,8-11,16-17,20-21H2,1-7H3/t22-,23?,25+,27+,28+,29+,30-,31+,32-,35+,38?,39?,40?,41?/m1/s1. The van der Waals surface area contributed by atoms with E-state index in [1.165, 1.54) is 0 Å². The van der Waals surface area contributed by atoms with Crippen LogP contribution >= 0.6 is 15.9 Å². The number of rotatable bonds is 10. The number of cyclic esters (lactones) is 1. The smallest absolute Gasteiger partial charge is 0.306 e. The molecule has 0 aromatic heterocycles. The Labute approximate surface area is 317 Å². The predicted octanol–water partition coefficient (Wildman–Crippen LogP) is 6.96. The van der Waals surface area contributed by atoms with Crippen molar-refractivity contribution in [1.82, 2.24) is 0 Å². The molecule has 0 N–H and O–H groups in total. The van der Waals surface area contributed by atoms with Crippen LogP contribution in [-0.4, -0.2) is 89.2 Å². The Bertz CT molecular complexity index is 1450. The highest BCUT2D eigenvalue weighted by atomic mass is 79.9. The van der Waals surface area contributed by atoms with Crippen molar-refractivity contribution in [3.05, 3.63) is 52.0 Å². The molecule has 52 heavy (non-hydrogen) atoms. The van der Waals surface area contributed by atoms with Gasteiger partial charge in [0, 0.05) is 33.2 Å². The molecule has 0 radical (unpaired) electrons. The first-order valence-electron chi connectivity index (χ1n) is 19.1. The fourth-order valence-corrected chi connectivity index (χ4v) is 10.3. The number of ether oxygens (including phenoxy) is 8. The number of halogens is 1. The van der Waals surface area contributed by atoms with Crippen LogP contribution in [0.3, 0.4) is 0 Å². The maximum Gasteiger partial charge on any atom is 0.306 e. The van der Waals surface area contributed by atoms with Gasteiger partial charge in [-0.1, -0.05) is 54.1 Å². The third-order valence-electron chi connectivity index (χ3n) is 12.4. The minimum Gasteiger partial charge on any atom is -0.497 e. The number of carbonyl (C=O) groups is 2. The molecule has 288 valence electrons. The minimum atomic E-state index is -0.615. The number of hydrogen-bond donors (Lipinski definition) is 0. The van der Waals surface area contributed by atoms with E-state index in [0.717, 1.165) is 53.5 Å². The number of Topliss-reactive ketones (excluding diaryl/α,β-unsaturated/α-hetero) is 1. The summed E-state index contributed by atoms with van der Waals surface area (Å²) in [5.41, 5.74) is 1.77. The Morgan fingerprint density at radius 3 is 2.27 bits per heavy atom. The van der Waals surface area contributed by atoms with Crippen LogP contribution in [0.15, 0.2) is 46.5 Å². The first-order valence-corrected chi connectivity index (χ1v) is 19.9. The number of hydrogen-bond acceptors (Lipinski definition) is 10. The first kappa shape index (κ1) is 39.6. The molecule has 10 nitrogen and oxygen atoms in total. The van der Waals surface area contributed by atoms with Gasteiger partial charge < -0.3 is 37.9 Å². The molecule has 1 aromatic carbocycles. The molecule has 14 atom stereocenters. The Hall–Kier alpha value is -2.12. The van der Waals surface area contributed by atoms with Gasteiger partial charge in [0.05, 0.1) is 38.4 Å². The van der Waals surface area contributed by atoms with Gasteiger partial charge in [-0.15, -0.1) is 0 Å². The molecule has 6 rings (SSSR count). The molecule has 1 aromatic rings. The zero-order valence-corrected chi connectivity index (χ0v) is 33.3. The van der Waals surface area contributed by atoms with E-state index in [0.29, 0.717) is 13.0 Å². The molecule has 2 aliphatic heterocycles. The fourth-order valence-electron chi connectivity index (χ4n) is 9.50. The van der Waals surface area contributed by atoms with Crippen molar-refractivity contribution >= 4 is 27.7 Å². The van der Waals surface area contributed by atoms with Crippen molar-refractivity contribution in [2.75, 3.05) is 28.4 Å². The summed E-state index contributed by atoms with van der Waals surface area (Å²) in [6.07, 6.45) is 6.77. The van der Waals surface area contributed by atoms with Crippen LogP contribution in [0, 0.1) is 35.5 Å². The van der Waals surface area contributed by atoms with Crippen LogP contribution in [0.1, 0.15) is 71.3 Å². The number of fused-ring (bicyclic) bond motifs is 5. The van der Waals surface area contributed by atoms with Crippen LogP contribution in [0.2, 0.25) is 0 Å². The average molecular weight is 790 g/mol. The number of ketones is 1. The van der Waals surface area contributed by atoms with E-state index in [9.17, 15) is 9.59 Å². The van der Waals surface area contributed by atoms with Crippen LogP contribution in [0.25, 0.3) is 0 Å². The van der Waals surface area contributed by atoms with Crippen molar-refractivity contribution in [1.29, 1.82) is 0 Å². The topological polar surface area (TPSA) is 108 Å². The summed E-state index contributed by atoms with van der Waals surface area (Å²) >= 11 is 3.94. The van der Waals surface area contributed by atoms with Gasteiger partial charge in [-0.2, -0.15) is 0 Å². The van der Waals surface area contributed by atoms with Gasteiger partial charge in [0.15, 0.2) is 12.1 Å². The zero-order valence-electron chi connectivity index (χ0n) is 31.7. The summed E-state index contributed by atoms with van der Waals surface area (Å²) in [6, 6.07) is 7.84. The number of carbonyl (C=O) groups excluding carboxylic acids is 2.